The molecule has 2 heteroatoms. The van der Waals surface area contributed by atoms with Crippen molar-refractivity contribution in [3.05, 3.63) is 187 Å². The summed E-state index contributed by atoms with van der Waals surface area (Å²) in [6.45, 7) is 4.35. The summed E-state index contributed by atoms with van der Waals surface area (Å²) in [6.07, 6.45) is 0. The van der Waals surface area contributed by atoms with Crippen molar-refractivity contribution in [1.29, 1.82) is 0 Å². The Bertz CT molecular complexity index is 3120. The van der Waals surface area contributed by atoms with Crippen LogP contribution in [0.25, 0.3) is 88.0 Å². The van der Waals surface area contributed by atoms with Gasteiger partial charge in [-0.15, -0.1) is 0 Å². The van der Waals surface area contributed by atoms with E-state index in [0.717, 1.165) is 39.0 Å². The van der Waals surface area contributed by atoms with Gasteiger partial charge in [0.1, 0.15) is 5.58 Å². The van der Waals surface area contributed by atoms with Crippen molar-refractivity contribution in [2.24, 2.45) is 0 Å². The Hall–Kier alpha value is -6.90. The van der Waals surface area contributed by atoms with Gasteiger partial charge in [0.2, 0.25) is 0 Å². The van der Waals surface area contributed by atoms with E-state index in [9.17, 15) is 0 Å². The van der Waals surface area contributed by atoms with Crippen LogP contribution in [0.4, 0.5) is 17.1 Å². The molecule has 0 saturated carbocycles. The van der Waals surface area contributed by atoms with Crippen LogP contribution >= 0.6 is 0 Å². The van der Waals surface area contributed by atoms with E-state index in [1.807, 2.05) is 6.07 Å². The number of furan rings is 1. The molecule has 11 rings (SSSR count). The van der Waals surface area contributed by atoms with E-state index in [-0.39, 0.29) is 0 Å². The van der Waals surface area contributed by atoms with Crippen molar-refractivity contribution in [1.82, 2.24) is 0 Å². The highest BCUT2D eigenvalue weighted by Gasteiger charge is 2.26. The molecule has 1 aliphatic carbocycles. The first-order chi connectivity index (χ1) is 26.6. The quantitative estimate of drug-likeness (QED) is 0.179. The molecule has 1 heterocycles. The first-order valence-electron chi connectivity index (χ1n) is 18.7. The fourth-order valence-corrected chi connectivity index (χ4v) is 8.59. The van der Waals surface area contributed by atoms with Gasteiger partial charge in [0, 0.05) is 22.1 Å². The molecule has 0 fully saturated rings. The number of anilines is 3. The van der Waals surface area contributed by atoms with Gasteiger partial charge in [-0.3, -0.25) is 0 Å². The number of benzene rings is 9. The van der Waals surface area contributed by atoms with E-state index >= 15 is 0 Å². The SMILES string of the molecule is Cc1ccc(C)c(N(c2ccc3cc4c(cc3c2)-c2cc3cc(-c5ccccc5)c(-c5ccccc5)cc3cc2-4)c2cccc3c2oc2ccccc23)c1. The molecule has 0 amide bonds. The highest BCUT2D eigenvalue weighted by atomic mass is 16.3. The summed E-state index contributed by atoms with van der Waals surface area (Å²) in [6, 6.07) is 64.2. The molecular weight excluding hydrogens is 655 g/mol. The minimum Gasteiger partial charge on any atom is -0.454 e. The summed E-state index contributed by atoms with van der Waals surface area (Å²) in [5.74, 6) is 0. The van der Waals surface area contributed by atoms with E-state index in [4.69, 9.17) is 4.42 Å². The first-order valence-corrected chi connectivity index (χ1v) is 18.7. The van der Waals surface area contributed by atoms with Crippen molar-refractivity contribution < 1.29 is 4.42 Å². The van der Waals surface area contributed by atoms with Crippen LogP contribution in [-0.2, 0) is 0 Å². The molecule has 254 valence electrons. The Morgan fingerprint density at radius 2 is 0.944 bits per heavy atom. The molecule has 2 nitrogen and oxygen atoms in total. The zero-order chi connectivity index (χ0) is 35.9. The lowest BCUT2D eigenvalue weighted by Gasteiger charge is -2.29. The number of fused-ring (bicyclic) bond motifs is 9. The number of nitrogens with zero attached hydrogens (tertiary/aromatic N) is 1. The zero-order valence-corrected chi connectivity index (χ0v) is 30.1. The predicted molar refractivity (Wildman–Crippen MR) is 228 cm³/mol. The lowest BCUT2D eigenvalue weighted by atomic mass is 9.77. The molecule has 1 aliphatic rings. The molecular formula is C52H35NO. The first kappa shape index (κ1) is 30.7. The van der Waals surface area contributed by atoms with Crippen LogP contribution < -0.4 is 4.90 Å². The van der Waals surface area contributed by atoms with E-state index < -0.39 is 0 Å². The van der Waals surface area contributed by atoms with Gasteiger partial charge in [0.25, 0.3) is 0 Å². The smallest absolute Gasteiger partial charge is 0.159 e. The zero-order valence-electron chi connectivity index (χ0n) is 30.1. The van der Waals surface area contributed by atoms with Crippen molar-refractivity contribution >= 4 is 60.5 Å². The summed E-state index contributed by atoms with van der Waals surface area (Å²) >= 11 is 0. The van der Waals surface area contributed by atoms with E-state index in [1.165, 1.54) is 77.2 Å². The van der Waals surface area contributed by atoms with Gasteiger partial charge in [-0.2, -0.15) is 0 Å². The summed E-state index contributed by atoms with van der Waals surface area (Å²) in [5.41, 5.74) is 17.7. The molecule has 0 spiro atoms. The van der Waals surface area contributed by atoms with E-state index in [1.54, 1.807) is 0 Å². The number of aryl methyl sites for hydroxylation is 2. The maximum atomic E-state index is 6.61. The molecule has 0 atom stereocenters. The van der Waals surface area contributed by atoms with Gasteiger partial charge in [-0.05, 0) is 158 Å². The summed E-state index contributed by atoms with van der Waals surface area (Å²) in [7, 11) is 0. The third kappa shape index (κ3) is 4.74. The second-order valence-corrected chi connectivity index (χ2v) is 14.7. The van der Waals surface area contributed by atoms with Gasteiger partial charge in [-0.25, -0.2) is 0 Å². The second-order valence-electron chi connectivity index (χ2n) is 14.7. The maximum Gasteiger partial charge on any atom is 0.159 e. The van der Waals surface area contributed by atoms with Crippen molar-refractivity contribution in [2.75, 3.05) is 4.90 Å². The van der Waals surface area contributed by atoms with Crippen LogP contribution in [-0.4, -0.2) is 0 Å². The topological polar surface area (TPSA) is 16.4 Å². The van der Waals surface area contributed by atoms with Gasteiger partial charge in [0.15, 0.2) is 5.58 Å². The van der Waals surface area contributed by atoms with Crippen LogP contribution in [0.2, 0.25) is 0 Å². The predicted octanol–water partition coefficient (Wildman–Crippen LogP) is 15.0. The van der Waals surface area contributed by atoms with Crippen molar-refractivity contribution in [2.45, 2.75) is 13.8 Å². The highest BCUT2D eigenvalue weighted by Crippen LogP contribution is 2.52. The average Bonchev–Trinajstić information content (AvgIpc) is 3.61. The monoisotopic (exact) mass is 689 g/mol. The molecule has 0 bridgehead atoms. The molecule has 0 N–H and O–H groups in total. The third-order valence-corrected chi connectivity index (χ3v) is 11.3. The lowest BCUT2D eigenvalue weighted by Crippen LogP contribution is -2.12. The van der Waals surface area contributed by atoms with Crippen LogP contribution in [0.1, 0.15) is 11.1 Å². The van der Waals surface area contributed by atoms with Gasteiger partial charge < -0.3 is 9.32 Å². The normalized spacial score (nSPS) is 11.9. The van der Waals surface area contributed by atoms with Crippen LogP contribution in [0, 0.1) is 13.8 Å². The van der Waals surface area contributed by atoms with Gasteiger partial charge in [-0.1, -0.05) is 109 Å². The molecule has 1 aromatic heterocycles. The standard InChI is InChI=1S/C52H35NO/c1-32-20-21-33(2)50(24-32)53(49-18-11-17-42-41-16-9-10-19-51(41)54-52(42)49)40-23-22-36-26-45-46(29-37(36)25-40)48-31-39-28-44(35-14-7-4-8-15-35)43(27-38(39)30-47(45)48)34-12-5-3-6-13-34/h3-31H,1-2H3. The largest absolute Gasteiger partial charge is 0.454 e. The average molecular weight is 690 g/mol. The van der Waals surface area contributed by atoms with Gasteiger partial charge in [0.05, 0.1) is 5.69 Å². The molecule has 0 radical (unpaired) electrons. The Balaban J connectivity index is 1.07. The summed E-state index contributed by atoms with van der Waals surface area (Å²) in [5, 5.41) is 7.22. The minimum absolute atomic E-state index is 0.892. The Labute approximate surface area is 314 Å². The molecule has 0 saturated heterocycles. The molecule has 10 aromatic rings. The molecule has 0 aliphatic heterocycles. The third-order valence-electron chi connectivity index (χ3n) is 11.3. The van der Waals surface area contributed by atoms with Crippen LogP contribution in [0.5, 0.6) is 0 Å². The van der Waals surface area contributed by atoms with Crippen LogP contribution in [0.15, 0.2) is 180 Å². The van der Waals surface area contributed by atoms with E-state index in [0.29, 0.717) is 0 Å². The van der Waals surface area contributed by atoms with Gasteiger partial charge >= 0.3 is 0 Å². The van der Waals surface area contributed by atoms with Crippen molar-refractivity contribution in [3.8, 4) is 44.5 Å². The lowest BCUT2D eigenvalue weighted by molar-refractivity contribution is 0.669. The number of hydrogen-bond acceptors (Lipinski definition) is 2. The van der Waals surface area contributed by atoms with Crippen LogP contribution in [0.3, 0.4) is 0 Å². The highest BCUT2D eigenvalue weighted by molar-refractivity contribution is 6.14. The summed E-state index contributed by atoms with van der Waals surface area (Å²) in [4.78, 5) is 2.38. The number of rotatable bonds is 5. The molecule has 0 unspecified atom stereocenters. The Morgan fingerprint density at radius 3 is 1.61 bits per heavy atom. The molecule has 54 heavy (non-hydrogen) atoms. The minimum atomic E-state index is 0.892. The fourth-order valence-electron chi connectivity index (χ4n) is 8.59. The Kier molecular flexibility index (Phi) is 6.72. The summed E-state index contributed by atoms with van der Waals surface area (Å²) < 4.78 is 6.61. The molecule has 9 aromatic carbocycles. The van der Waals surface area contributed by atoms with E-state index in [2.05, 4.69) is 189 Å². The number of hydrogen-bond donors (Lipinski definition) is 0. The maximum absolute atomic E-state index is 6.61. The number of para-hydroxylation sites is 2. The second kappa shape index (κ2) is 11.8. The Morgan fingerprint density at radius 1 is 0.389 bits per heavy atom. The fraction of sp³-hybridized carbons (Fsp3) is 0.0385. The van der Waals surface area contributed by atoms with Crippen molar-refractivity contribution in [3.63, 3.8) is 0 Å².